The lowest BCUT2D eigenvalue weighted by Gasteiger charge is -2.23. The Labute approximate surface area is 121 Å². The van der Waals surface area contributed by atoms with Crippen LogP contribution in [-0.4, -0.2) is 15.8 Å². The highest BCUT2D eigenvalue weighted by atomic mass is 16.7. The molecule has 3 N–H and O–H groups in total. The fourth-order valence-corrected chi connectivity index (χ4v) is 2.19. The van der Waals surface area contributed by atoms with Gasteiger partial charge < -0.3 is 20.2 Å². The fourth-order valence-electron chi connectivity index (χ4n) is 2.19. The first-order valence-corrected chi connectivity index (χ1v) is 6.52. The van der Waals surface area contributed by atoms with Crippen molar-refractivity contribution < 1.29 is 9.47 Å². The zero-order chi connectivity index (χ0) is 14.9. The normalized spacial score (nSPS) is 15.5. The lowest BCUT2D eigenvalue weighted by atomic mass is 10.1. The molecular weight excluding hydrogens is 270 g/mol. The van der Waals surface area contributed by atoms with E-state index in [0.29, 0.717) is 11.4 Å². The Morgan fingerprint density at radius 1 is 1.24 bits per heavy atom. The number of H-pyrrole nitrogens is 1. The Morgan fingerprint density at radius 2 is 1.90 bits per heavy atom. The van der Waals surface area contributed by atoms with Crippen molar-refractivity contribution in [1.29, 1.82) is 0 Å². The number of rotatable bonds is 3. The molecule has 0 saturated carbocycles. The van der Waals surface area contributed by atoms with Crippen molar-refractivity contribution in [1.82, 2.24) is 9.97 Å². The number of ether oxygens (including phenoxy) is 2. The van der Waals surface area contributed by atoms with Crippen LogP contribution in [0, 0.1) is 0 Å². The molecule has 0 fully saturated rings. The standard InChI is InChI=1S/C15H15N3O3/c1-15(20-7-8-21-15)9-11-12(16)17-13(18-14(11)19)10-5-3-2-4-6-10/h2-8H,9H2,1H3,(H3,16,17,18,19). The van der Waals surface area contributed by atoms with Crippen molar-refractivity contribution in [2.45, 2.75) is 19.1 Å². The van der Waals surface area contributed by atoms with Gasteiger partial charge in [-0.15, -0.1) is 0 Å². The van der Waals surface area contributed by atoms with Crippen LogP contribution in [0.2, 0.25) is 0 Å². The van der Waals surface area contributed by atoms with E-state index in [1.54, 1.807) is 6.92 Å². The Balaban J connectivity index is 1.96. The van der Waals surface area contributed by atoms with Gasteiger partial charge in [0.25, 0.3) is 11.3 Å². The second-order valence-electron chi connectivity index (χ2n) is 4.96. The van der Waals surface area contributed by atoms with E-state index in [2.05, 4.69) is 9.97 Å². The molecule has 108 valence electrons. The number of hydrogen-bond donors (Lipinski definition) is 2. The van der Waals surface area contributed by atoms with Gasteiger partial charge in [0, 0.05) is 12.5 Å². The van der Waals surface area contributed by atoms with Crippen LogP contribution in [0.1, 0.15) is 12.5 Å². The van der Waals surface area contributed by atoms with Crippen molar-refractivity contribution in [2.75, 3.05) is 5.73 Å². The average Bonchev–Trinajstić information content (AvgIpc) is 2.91. The molecule has 1 aliphatic rings. The molecule has 0 bridgehead atoms. The summed E-state index contributed by atoms with van der Waals surface area (Å²) >= 11 is 0. The van der Waals surface area contributed by atoms with Gasteiger partial charge in [-0.3, -0.25) is 4.79 Å². The topological polar surface area (TPSA) is 90.2 Å². The molecule has 1 aromatic carbocycles. The SMILES string of the molecule is CC1(Cc2c(N)nc(-c3ccccc3)[nH]c2=O)OC=CO1. The molecule has 2 aromatic rings. The predicted octanol–water partition coefficient (Wildman–Crippen LogP) is 1.80. The highest BCUT2D eigenvalue weighted by molar-refractivity contribution is 5.57. The second kappa shape index (κ2) is 4.97. The molecular formula is C15H15N3O3. The van der Waals surface area contributed by atoms with Gasteiger partial charge in [-0.1, -0.05) is 30.3 Å². The summed E-state index contributed by atoms with van der Waals surface area (Å²) in [6, 6.07) is 9.33. The smallest absolute Gasteiger partial charge is 0.256 e. The molecule has 6 nitrogen and oxygen atoms in total. The van der Waals surface area contributed by atoms with Crippen molar-refractivity contribution >= 4 is 5.82 Å². The van der Waals surface area contributed by atoms with Crippen LogP contribution in [-0.2, 0) is 15.9 Å². The van der Waals surface area contributed by atoms with Gasteiger partial charge in [-0.25, -0.2) is 4.98 Å². The van der Waals surface area contributed by atoms with Crippen LogP contribution in [0.4, 0.5) is 5.82 Å². The summed E-state index contributed by atoms with van der Waals surface area (Å²) in [5.74, 6) is -0.298. The number of nitrogens with one attached hydrogen (secondary N) is 1. The molecule has 0 spiro atoms. The van der Waals surface area contributed by atoms with Gasteiger partial charge >= 0.3 is 0 Å². The fraction of sp³-hybridized carbons (Fsp3) is 0.200. The lowest BCUT2D eigenvalue weighted by Crippen LogP contribution is -2.32. The summed E-state index contributed by atoms with van der Waals surface area (Å²) in [6.07, 6.45) is 3.09. The highest BCUT2D eigenvalue weighted by Crippen LogP contribution is 2.25. The molecule has 0 saturated heterocycles. The summed E-state index contributed by atoms with van der Waals surface area (Å²) < 4.78 is 10.7. The van der Waals surface area contributed by atoms with E-state index in [1.807, 2.05) is 30.3 Å². The van der Waals surface area contributed by atoms with E-state index >= 15 is 0 Å². The molecule has 1 aromatic heterocycles. The van der Waals surface area contributed by atoms with Crippen molar-refractivity contribution in [3.8, 4) is 11.4 Å². The molecule has 0 atom stereocenters. The van der Waals surface area contributed by atoms with Gasteiger partial charge in [0.1, 0.15) is 24.2 Å². The predicted molar refractivity (Wildman–Crippen MR) is 78.1 cm³/mol. The Hall–Kier alpha value is -2.76. The largest absolute Gasteiger partial charge is 0.457 e. The monoisotopic (exact) mass is 285 g/mol. The summed E-state index contributed by atoms with van der Waals surface area (Å²) in [4.78, 5) is 19.3. The molecule has 0 amide bonds. The number of nitrogens with zero attached hydrogens (tertiary/aromatic N) is 1. The van der Waals surface area contributed by atoms with Gasteiger partial charge in [0.15, 0.2) is 0 Å². The minimum Gasteiger partial charge on any atom is -0.457 e. The number of aromatic amines is 1. The van der Waals surface area contributed by atoms with E-state index in [-0.39, 0.29) is 17.8 Å². The molecule has 1 aliphatic heterocycles. The van der Waals surface area contributed by atoms with Crippen molar-refractivity contribution in [3.05, 3.63) is 58.8 Å². The zero-order valence-electron chi connectivity index (χ0n) is 11.5. The number of benzene rings is 1. The third-order valence-corrected chi connectivity index (χ3v) is 3.28. The summed E-state index contributed by atoms with van der Waals surface area (Å²) in [5, 5.41) is 0. The molecule has 3 rings (SSSR count). The van der Waals surface area contributed by atoms with E-state index < -0.39 is 5.79 Å². The van der Waals surface area contributed by atoms with Crippen molar-refractivity contribution in [3.63, 3.8) is 0 Å². The van der Waals surface area contributed by atoms with E-state index in [4.69, 9.17) is 15.2 Å². The Morgan fingerprint density at radius 3 is 2.52 bits per heavy atom. The maximum atomic E-state index is 12.3. The number of hydrogen-bond acceptors (Lipinski definition) is 5. The first kappa shape index (κ1) is 13.2. The number of aromatic nitrogens is 2. The summed E-state index contributed by atoms with van der Waals surface area (Å²) in [5.41, 5.74) is 6.79. The molecule has 6 heteroatoms. The Kier molecular flexibility index (Phi) is 3.13. The van der Waals surface area contributed by atoms with E-state index in [1.165, 1.54) is 12.5 Å². The van der Waals surface area contributed by atoms with Crippen LogP contribution in [0.25, 0.3) is 11.4 Å². The average molecular weight is 285 g/mol. The zero-order valence-corrected chi connectivity index (χ0v) is 11.5. The number of anilines is 1. The number of nitrogens with two attached hydrogens (primary N) is 1. The molecule has 2 heterocycles. The molecule has 0 radical (unpaired) electrons. The maximum Gasteiger partial charge on any atom is 0.256 e. The third kappa shape index (κ3) is 2.60. The Bertz CT molecular complexity index is 730. The lowest BCUT2D eigenvalue weighted by molar-refractivity contribution is -0.124. The van der Waals surface area contributed by atoms with Crippen LogP contribution in [0.5, 0.6) is 0 Å². The van der Waals surface area contributed by atoms with Crippen LogP contribution in [0.3, 0.4) is 0 Å². The molecule has 0 unspecified atom stereocenters. The highest BCUT2D eigenvalue weighted by Gasteiger charge is 2.32. The number of nitrogen functional groups attached to an aromatic ring is 1. The van der Waals surface area contributed by atoms with E-state index in [0.717, 1.165) is 5.56 Å². The van der Waals surface area contributed by atoms with Gasteiger partial charge in [0.05, 0.1) is 12.0 Å². The molecule has 0 aliphatic carbocycles. The van der Waals surface area contributed by atoms with Crippen LogP contribution < -0.4 is 11.3 Å². The van der Waals surface area contributed by atoms with E-state index in [9.17, 15) is 4.79 Å². The van der Waals surface area contributed by atoms with Gasteiger partial charge in [-0.05, 0) is 0 Å². The summed E-state index contributed by atoms with van der Waals surface area (Å²) in [7, 11) is 0. The quantitative estimate of drug-likeness (QED) is 0.897. The van der Waals surface area contributed by atoms with Crippen molar-refractivity contribution in [2.24, 2.45) is 0 Å². The summed E-state index contributed by atoms with van der Waals surface area (Å²) in [6.45, 7) is 1.73. The first-order chi connectivity index (χ1) is 10.1. The van der Waals surface area contributed by atoms with Gasteiger partial charge in [0.2, 0.25) is 0 Å². The van der Waals surface area contributed by atoms with Crippen LogP contribution >= 0.6 is 0 Å². The second-order valence-corrected chi connectivity index (χ2v) is 4.96. The van der Waals surface area contributed by atoms with Gasteiger partial charge in [-0.2, -0.15) is 0 Å². The minimum atomic E-state index is -0.920. The first-order valence-electron chi connectivity index (χ1n) is 6.52. The minimum absolute atomic E-state index is 0.179. The maximum absolute atomic E-state index is 12.3. The third-order valence-electron chi connectivity index (χ3n) is 3.28. The van der Waals surface area contributed by atoms with Crippen LogP contribution in [0.15, 0.2) is 47.7 Å². The molecule has 21 heavy (non-hydrogen) atoms.